The van der Waals surface area contributed by atoms with Crippen LogP contribution in [0.4, 0.5) is 5.82 Å². The number of anilines is 1. The van der Waals surface area contributed by atoms with Gasteiger partial charge in [-0.2, -0.15) is 0 Å². The van der Waals surface area contributed by atoms with E-state index in [1.165, 1.54) is 11.8 Å². The first-order chi connectivity index (χ1) is 15.1. The first-order valence-corrected chi connectivity index (χ1v) is 10.2. The number of ether oxygens (including phenoxy) is 1. The molecule has 1 atom stereocenters. The van der Waals surface area contributed by atoms with Gasteiger partial charge in [-0.25, -0.2) is 9.48 Å². The lowest BCUT2D eigenvalue weighted by molar-refractivity contribution is -0.116. The maximum absolute atomic E-state index is 13.5. The molecule has 0 amide bonds. The van der Waals surface area contributed by atoms with Gasteiger partial charge in [0.2, 0.25) is 0 Å². The van der Waals surface area contributed by atoms with Crippen LogP contribution in [0.15, 0.2) is 70.7 Å². The molecule has 2 aliphatic rings. The van der Waals surface area contributed by atoms with Crippen LogP contribution in [0.1, 0.15) is 46.7 Å². The number of benzene rings is 2. The van der Waals surface area contributed by atoms with Crippen molar-refractivity contribution in [3.63, 3.8) is 0 Å². The number of H-pyrrole nitrogens is 1. The summed E-state index contributed by atoms with van der Waals surface area (Å²) in [5.41, 5.74) is 3.71. The van der Waals surface area contributed by atoms with Crippen LogP contribution < -0.4 is 10.9 Å². The van der Waals surface area contributed by atoms with E-state index in [0.29, 0.717) is 34.6 Å². The summed E-state index contributed by atoms with van der Waals surface area (Å²) in [6.45, 7) is 0. The van der Waals surface area contributed by atoms with E-state index in [0.717, 1.165) is 24.1 Å². The Hall–Kier alpha value is -3.87. The molecule has 2 N–H and O–H groups in total. The molecule has 7 nitrogen and oxygen atoms in total. The molecule has 0 saturated carbocycles. The van der Waals surface area contributed by atoms with Crippen LogP contribution in [0.5, 0.6) is 0 Å². The maximum atomic E-state index is 13.5. The van der Waals surface area contributed by atoms with Crippen LogP contribution in [-0.2, 0) is 9.53 Å². The Kier molecular flexibility index (Phi) is 4.58. The van der Waals surface area contributed by atoms with Crippen molar-refractivity contribution >= 4 is 17.6 Å². The van der Waals surface area contributed by atoms with E-state index in [4.69, 9.17) is 4.74 Å². The topological polar surface area (TPSA) is 93.2 Å². The largest absolute Gasteiger partial charge is 0.465 e. The lowest BCUT2D eigenvalue weighted by Crippen LogP contribution is -2.29. The fourth-order valence-corrected chi connectivity index (χ4v) is 4.46. The van der Waals surface area contributed by atoms with Crippen LogP contribution in [0, 0.1) is 0 Å². The van der Waals surface area contributed by atoms with Crippen LogP contribution in [0.2, 0.25) is 0 Å². The molecule has 1 aliphatic carbocycles. The number of carbonyl (C=O) groups excluding carboxylic acids is 2. The number of hydrogen-bond donors (Lipinski definition) is 2. The van der Waals surface area contributed by atoms with Crippen LogP contribution >= 0.6 is 0 Å². The third-order valence-electron chi connectivity index (χ3n) is 5.92. The molecule has 2 heterocycles. The predicted octanol–water partition coefficient (Wildman–Crippen LogP) is 3.52. The molecule has 0 unspecified atom stereocenters. The van der Waals surface area contributed by atoms with E-state index < -0.39 is 11.9 Å². The Morgan fingerprint density at radius 3 is 2.48 bits per heavy atom. The SMILES string of the molecule is COC(=O)c1ccc([C@H]2C3=C(CCCC3=O)Nc3[nH]n(-c4ccccc4)c(=O)c32)cc1. The molecule has 1 aromatic heterocycles. The van der Waals surface area contributed by atoms with E-state index >= 15 is 0 Å². The van der Waals surface area contributed by atoms with Gasteiger partial charge in [-0.05, 0) is 42.7 Å². The van der Waals surface area contributed by atoms with Crippen molar-refractivity contribution in [1.29, 1.82) is 0 Å². The minimum Gasteiger partial charge on any atom is -0.465 e. The molecule has 0 spiro atoms. The maximum Gasteiger partial charge on any atom is 0.337 e. The highest BCUT2D eigenvalue weighted by atomic mass is 16.5. The van der Waals surface area contributed by atoms with Gasteiger partial charge in [-0.1, -0.05) is 30.3 Å². The molecule has 156 valence electrons. The third kappa shape index (κ3) is 3.09. The van der Waals surface area contributed by atoms with Crippen LogP contribution in [-0.4, -0.2) is 28.6 Å². The Bertz CT molecular complexity index is 1270. The summed E-state index contributed by atoms with van der Waals surface area (Å²) in [4.78, 5) is 38.3. The van der Waals surface area contributed by atoms with Crippen molar-refractivity contribution in [3.8, 4) is 5.69 Å². The number of Topliss-reactive ketones (excluding diaryl/α,β-unsaturated/α-hetero) is 1. The molecule has 3 aromatic rings. The van der Waals surface area contributed by atoms with Gasteiger partial charge in [-0.15, -0.1) is 0 Å². The molecule has 0 radical (unpaired) electrons. The zero-order chi connectivity index (χ0) is 21.5. The zero-order valence-electron chi connectivity index (χ0n) is 17.0. The highest BCUT2D eigenvalue weighted by Gasteiger charge is 2.38. The Morgan fingerprint density at radius 2 is 1.77 bits per heavy atom. The lowest BCUT2D eigenvalue weighted by atomic mass is 9.77. The number of nitrogens with one attached hydrogen (secondary N) is 2. The van der Waals surface area contributed by atoms with Crippen molar-refractivity contribution in [2.75, 3.05) is 12.4 Å². The predicted molar refractivity (Wildman–Crippen MR) is 116 cm³/mol. The summed E-state index contributed by atoms with van der Waals surface area (Å²) in [7, 11) is 1.33. The lowest BCUT2D eigenvalue weighted by Gasteiger charge is -2.31. The molecule has 7 heteroatoms. The van der Waals surface area contributed by atoms with E-state index in [1.807, 2.05) is 30.3 Å². The van der Waals surface area contributed by atoms with Crippen molar-refractivity contribution < 1.29 is 14.3 Å². The quantitative estimate of drug-likeness (QED) is 0.639. The number of allylic oxidation sites excluding steroid dienone is 2. The molecular formula is C24H21N3O4. The normalized spacial score (nSPS) is 17.6. The van der Waals surface area contributed by atoms with Gasteiger partial charge in [0.1, 0.15) is 5.82 Å². The molecular weight excluding hydrogens is 394 g/mol. The minimum absolute atomic E-state index is 0.0494. The molecule has 5 rings (SSSR count). The third-order valence-corrected chi connectivity index (χ3v) is 5.92. The van der Waals surface area contributed by atoms with Crippen molar-refractivity contribution in [3.05, 3.63) is 92.9 Å². The van der Waals surface area contributed by atoms with Crippen LogP contribution in [0.3, 0.4) is 0 Å². The number of esters is 1. The number of carbonyl (C=O) groups is 2. The number of para-hydroxylation sites is 1. The summed E-state index contributed by atoms with van der Waals surface area (Å²) in [6.07, 6.45) is 1.98. The van der Waals surface area contributed by atoms with Gasteiger partial charge in [-0.3, -0.25) is 14.7 Å². The second kappa shape index (κ2) is 7.43. The average molecular weight is 415 g/mol. The number of methoxy groups -OCH3 is 1. The smallest absolute Gasteiger partial charge is 0.337 e. The standard InChI is InChI=1S/C24H21N3O4/c1-31-24(30)15-12-10-14(11-13-15)19-20-17(8-5-9-18(20)28)25-22-21(19)23(29)27(26-22)16-6-3-2-4-7-16/h2-4,6-7,10-13,19,25-26H,5,8-9H2,1H3/t19-/m0/s1. The number of aromatic amines is 1. The summed E-state index contributed by atoms with van der Waals surface area (Å²) < 4.78 is 6.28. The Morgan fingerprint density at radius 1 is 1.03 bits per heavy atom. The highest BCUT2D eigenvalue weighted by Crippen LogP contribution is 2.43. The van der Waals surface area contributed by atoms with Gasteiger partial charge in [0.25, 0.3) is 5.56 Å². The van der Waals surface area contributed by atoms with E-state index in [1.54, 1.807) is 24.3 Å². The fraction of sp³-hybridized carbons (Fsp3) is 0.208. The van der Waals surface area contributed by atoms with Crippen molar-refractivity contribution in [2.24, 2.45) is 0 Å². The first-order valence-electron chi connectivity index (χ1n) is 10.2. The number of ketones is 1. The van der Waals surface area contributed by atoms with E-state index in [9.17, 15) is 14.4 Å². The van der Waals surface area contributed by atoms with Gasteiger partial charge in [0.15, 0.2) is 5.78 Å². The minimum atomic E-state index is -0.501. The van der Waals surface area contributed by atoms with E-state index in [2.05, 4.69) is 10.4 Å². The molecule has 2 aromatic carbocycles. The van der Waals surface area contributed by atoms with E-state index in [-0.39, 0.29) is 11.3 Å². The fourth-order valence-electron chi connectivity index (χ4n) is 4.46. The number of nitrogens with zero attached hydrogens (tertiary/aromatic N) is 1. The van der Waals surface area contributed by atoms with Crippen molar-refractivity contribution in [1.82, 2.24) is 9.78 Å². The molecule has 31 heavy (non-hydrogen) atoms. The monoisotopic (exact) mass is 415 g/mol. The molecule has 1 aliphatic heterocycles. The van der Waals surface area contributed by atoms with Crippen LogP contribution in [0.25, 0.3) is 5.69 Å². The molecule has 0 fully saturated rings. The zero-order valence-corrected chi connectivity index (χ0v) is 17.0. The number of fused-ring (bicyclic) bond motifs is 1. The highest BCUT2D eigenvalue weighted by molar-refractivity contribution is 6.01. The molecule has 0 saturated heterocycles. The Labute approximate surface area is 178 Å². The average Bonchev–Trinajstić information content (AvgIpc) is 3.14. The Balaban J connectivity index is 1.69. The second-order valence-electron chi connectivity index (χ2n) is 7.72. The number of rotatable bonds is 3. The molecule has 0 bridgehead atoms. The van der Waals surface area contributed by atoms with Gasteiger partial charge in [0, 0.05) is 23.6 Å². The summed E-state index contributed by atoms with van der Waals surface area (Å²) in [5.74, 6) is -0.281. The summed E-state index contributed by atoms with van der Waals surface area (Å²) in [5, 5.41) is 6.49. The van der Waals surface area contributed by atoms with Gasteiger partial charge >= 0.3 is 5.97 Å². The summed E-state index contributed by atoms with van der Waals surface area (Å²) >= 11 is 0. The summed E-state index contributed by atoms with van der Waals surface area (Å²) in [6, 6.07) is 16.2. The van der Waals surface area contributed by atoms with Gasteiger partial charge in [0.05, 0.1) is 23.9 Å². The van der Waals surface area contributed by atoms with Gasteiger partial charge < -0.3 is 10.1 Å². The second-order valence-corrected chi connectivity index (χ2v) is 7.72. The van der Waals surface area contributed by atoms with Crippen molar-refractivity contribution in [2.45, 2.75) is 25.2 Å². The number of hydrogen-bond acceptors (Lipinski definition) is 5. The first kappa shape index (κ1) is 19.1. The number of aromatic nitrogens is 2.